The molecule has 0 atom stereocenters. The van der Waals surface area contributed by atoms with Crippen molar-refractivity contribution in [2.45, 2.75) is 19.6 Å². The molecule has 0 N–H and O–H groups in total. The van der Waals surface area contributed by atoms with E-state index in [2.05, 4.69) is 151 Å². The molecule has 2 aliphatic rings. The Morgan fingerprint density at radius 3 is 1.42 bits per heavy atom. The molecule has 0 amide bonds. The van der Waals surface area contributed by atoms with Gasteiger partial charge < -0.3 is 0 Å². The first-order valence-electron chi connectivity index (χ1n) is 15.2. The second-order valence-corrected chi connectivity index (χ2v) is 13.8. The van der Waals surface area contributed by atoms with Crippen LogP contribution >= 0.6 is 23.5 Å². The molecule has 0 saturated heterocycles. The van der Waals surface area contributed by atoms with Crippen molar-refractivity contribution in [1.29, 1.82) is 0 Å². The summed E-state index contributed by atoms with van der Waals surface area (Å²) in [4.78, 5) is 10.0. The molecule has 4 heteroatoms. The number of benzene rings is 6. The Balaban J connectivity index is 1.17. The molecule has 0 bridgehead atoms. The van der Waals surface area contributed by atoms with Crippen LogP contribution in [0.1, 0.15) is 0 Å². The zero-order valence-corrected chi connectivity index (χ0v) is 26.0. The predicted molar refractivity (Wildman–Crippen MR) is 192 cm³/mol. The maximum Gasteiger partial charge on any atom is 0.247 e. The minimum Gasteiger partial charge on any atom is -0.263 e. The normalized spacial score (nSPS) is 12.7. The molecule has 0 fully saturated rings. The summed E-state index contributed by atoms with van der Waals surface area (Å²) in [6.07, 6.45) is 3.95. The third kappa shape index (κ3) is 4.73. The summed E-state index contributed by atoms with van der Waals surface area (Å²) in [7, 11) is 0. The van der Waals surface area contributed by atoms with Gasteiger partial charge in [0.2, 0.25) is 6.71 Å². The van der Waals surface area contributed by atoms with Crippen LogP contribution in [0.2, 0.25) is 0 Å². The molecule has 7 aromatic rings. The number of aromatic nitrogens is 1. The van der Waals surface area contributed by atoms with Gasteiger partial charge in [0.1, 0.15) is 0 Å². The monoisotopic (exact) mass is 607 g/mol. The number of fused-ring (bicyclic) bond motifs is 4. The van der Waals surface area contributed by atoms with Crippen LogP contribution in [0.25, 0.3) is 44.5 Å². The molecule has 2 aliphatic heterocycles. The lowest BCUT2D eigenvalue weighted by Gasteiger charge is -2.33. The van der Waals surface area contributed by atoms with Crippen LogP contribution in [0.4, 0.5) is 0 Å². The molecule has 45 heavy (non-hydrogen) atoms. The molecule has 210 valence electrons. The average molecular weight is 608 g/mol. The van der Waals surface area contributed by atoms with Crippen molar-refractivity contribution >= 4 is 46.6 Å². The lowest BCUT2D eigenvalue weighted by molar-refractivity contribution is 1.32. The van der Waals surface area contributed by atoms with E-state index < -0.39 is 0 Å². The molecule has 0 aliphatic carbocycles. The van der Waals surface area contributed by atoms with E-state index in [1.165, 1.54) is 69.4 Å². The fourth-order valence-electron chi connectivity index (χ4n) is 6.69. The zero-order chi connectivity index (χ0) is 29.7. The van der Waals surface area contributed by atoms with Gasteiger partial charge in [-0.15, -0.1) is 0 Å². The Hall–Kier alpha value is -4.77. The summed E-state index contributed by atoms with van der Waals surface area (Å²) in [5, 5.41) is 0. The van der Waals surface area contributed by atoms with Gasteiger partial charge in [0.05, 0.1) is 0 Å². The van der Waals surface area contributed by atoms with Crippen LogP contribution < -0.4 is 16.4 Å². The Labute approximate surface area is 272 Å². The quantitative estimate of drug-likeness (QED) is 0.185. The zero-order valence-electron chi connectivity index (χ0n) is 24.4. The first-order chi connectivity index (χ1) is 22.3. The molecule has 1 aromatic heterocycles. The Morgan fingerprint density at radius 1 is 0.356 bits per heavy atom. The molecule has 0 saturated carbocycles. The van der Waals surface area contributed by atoms with Crippen LogP contribution in [0.5, 0.6) is 0 Å². The molecule has 0 spiro atoms. The number of pyridine rings is 1. The highest BCUT2D eigenvalue weighted by atomic mass is 32.2. The first kappa shape index (κ1) is 26.6. The highest BCUT2D eigenvalue weighted by Crippen LogP contribution is 2.40. The topological polar surface area (TPSA) is 12.9 Å². The van der Waals surface area contributed by atoms with Crippen LogP contribution in [-0.2, 0) is 0 Å². The van der Waals surface area contributed by atoms with E-state index in [9.17, 15) is 0 Å². The van der Waals surface area contributed by atoms with Crippen molar-refractivity contribution < 1.29 is 0 Å². The Kier molecular flexibility index (Phi) is 6.50. The molecular weight excluding hydrogens is 581 g/mol. The van der Waals surface area contributed by atoms with E-state index >= 15 is 0 Å². The van der Waals surface area contributed by atoms with E-state index in [1.807, 2.05) is 35.9 Å². The third-order valence-electron chi connectivity index (χ3n) is 8.88. The van der Waals surface area contributed by atoms with Crippen molar-refractivity contribution in [1.82, 2.24) is 4.98 Å². The van der Waals surface area contributed by atoms with Gasteiger partial charge in [0.15, 0.2) is 0 Å². The number of nitrogens with zero attached hydrogens (tertiary/aromatic N) is 1. The van der Waals surface area contributed by atoms with Crippen LogP contribution in [0.3, 0.4) is 0 Å². The highest BCUT2D eigenvalue weighted by molar-refractivity contribution is 8.01. The predicted octanol–water partition coefficient (Wildman–Crippen LogP) is 9.19. The Bertz CT molecular complexity index is 2080. The van der Waals surface area contributed by atoms with Crippen LogP contribution in [0, 0.1) is 0 Å². The molecular formula is C41H26BNS2. The summed E-state index contributed by atoms with van der Waals surface area (Å²) in [6, 6.07) is 53.2. The van der Waals surface area contributed by atoms with Gasteiger partial charge in [-0.3, -0.25) is 4.98 Å². The molecule has 0 unspecified atom stereocenters. The maximum absolute atomic E-state index is 4.65. The molecule has 0 radical (unpaired) electrons. The molecule has 9 rings (SSSR count). The van der Waals surface area contributed by atoms with E-state index in [0.29, 0.717) is 0 Å². The maximum atomic E-state index is 4.65. The summed E-state index contributed by atoms with van der Waals surface area (Å²) < 4.78 is 0. The summed E-state index contributed by atoms with van der Waals surface area (Å²) in [6.45, 7) is 0.172. The van der Waals surface area contributed by atoms with Gasteiger partial charge in [-0.05, 0) is 75.2 Å². The SMILES string of the molecule is c1ccc(-c2cccc(-c3ccc4c(c3)B3c5cc(-c6cncc(-c7ccccc7)c6)ccc5Sc5cccc(c53)S4)c2)cc1. The fraction of sp³-hybridized carbons (Fsp3) is 0. The molecule has 6 aromatic carbocycles. The highest BCUT2D eigenvalue weighted by Gasteiger charge is 2.38. The first-order valence-corrected chi connectivity index (χ1v) is 16.8. The van der Waals surface area contributed by atoms with E-state index in [1.54, 1.807) is 0 Å². The van der Waals surface area contributed by atoms with Crippen LogP contribution in [0.15, 0.2) is 178 Å². The van der Waals surface area contributed by atoms with Gasteiger partial charge in [-0.25, -0.2) is 0 Å². The lowest BCUT2D eigenvalue weighted by atomic mass is 9.36. The van der Waals surface area contributed by atoms with E-state index in [0.717, 1.165) is 11.1 Å². The van der Waals surface area contributed by atoms with Gasteiger partial charge >= 0.3 is 0 Å². The standard InChI is InChI=1S/C41H26BNS2/c1-3-9-27(10-4-1)29-13-7-14-30(21-29)31-17-19-37-35(23-31)42-36-24-32(34-22-33(25-43-26-34)28-11-5-2-6-12-28)18-20-38(36)45-40-16-8-15-39(44-37)41(40)42/h1-26H. The second kappa shape index (κ2) is 11.0. The summed E-state index contributed by atoms with van der Waals surface area (Å²) >= 11 is 3.80. The number of hydrogen-bond donors (Lipinski definition) is 0. The smallest absolute Gasteiger partial charge is 0.247 e. The third-order valence-corrected chi connectivity index (χ3v) is 11.2. The van der Waals surface area contributed by atoms with Crippen molar-refractivity contribution in [3.8, 4) is 44.5 Å². The van der Waals surface area contributed by atoms with E-state index in [-0.39, 0.29) is 6.71 Å². The van der Waals surface area contributed by atoms with Gasteiger partial charge in [0.25, 0.3) is 0 Å². The van der Waals surface area contributed by atoms with Crippen molar-refractivity contribution in [2.75, 3.05) is 0 Å². The minimum absolute atomic E-state index is 0.172. The van der Waals surface area contributed by atoms with Gasteiger partial charge in [0, 0.05) is 43.1 Å². The largest absolute Gasteiger partial charge is 0.263 e. The average Bonchev–Trinajstić information content (AvgIpc) is 3.12. The molecule has 3 heterocycles. The van der Waals surface area contributed by atoms with Gasteiger partial charge in [-0.2, -0.15) is 0 Å². The number of rotatable bonds is 4. The van der Waals surface area contributed by atoms with E-state index in [4.69, 9.17) is 0 Å². The summed E-state index contributed by atoms with van der Waals surface area (Å²) in [5.41, 5.74) is 13.8. The Morgan fingerprint density at radius 2 is 0.800 bits per heavy atom. The van der Waals surface area contributed by atoms with Crippen molar-refractivity contribution in [3.63, 3.8) is 0 Å². The lowest BCUT2D eigenvalue weighted by Crippen LogP contribution is -2.58. The minimum atomic E-state index is 0.172. The van der Waals surface area contributed by atoms with Crippen LogP contribution in [-0.4, -0.2) is 11.7 Å². The van der Waals surface area contributed by atoms with Crippen molar-refractivity contribution in [2.24, 2.45) is 0 Å². The molecule has 1 nitrogen and oxygen atoms in total. The second-order valence-electron chi connectivity index (χ2n) is 11.6. The summed E-state index contributed by atoms with van der Waals surface area (Å²) in [5.74, 6) is 0. The fourth-order valence-corrected chi connectivity index (χ4v) is 9.06. The van der Waals surface area contributed by atoms with Gasteiger partial charge in [-0.1, -0.05) is 144 Å². The number of hydrogen-bond acceptors (Lipinski definition) is 3. The van der Waals surface area contributed by atoms with Crippen molar-refractivity contribution in [3.05, 3.63) is 158 Å².